The Morgan fingerprint density at radius 2 is 1.50 bits per heavy atom. The topological polar surface area (TPSA) is 84.9 Å². The van der Waals surface area contributed by atoms with E-state index in [1.807, 2.05) is 36.4 Å². The number of amides is 1. The van der Waals surface area contributed by atoms with E-state index in [-0.39, 0.29) is 17.4 Å². The van der Waals surface area contributed by atoms with Gasteiger partial charge in [0.25, 0.3) is 5.91 Å². The fourth-order valence-electron chi connectivity index (χ4n) is 2.53. The first-order chi connectivity index (χ1) is 14.4. The van der Waals surface area contributed by atoms with Gasteiger partial charge in [0, 0.05) is 14.1 Å². The third kappa shape index (κ3) is 5.37. The first-order valence-electron chi connectivity index (χ1n) is 9.13. The molecule has 0 atom stereocenters. The minimum absolute atomic E-state index is 0.149. The number of sulfonamides is 1. The number of nitrogens with zero attached hydrogens (tertiary/aromatic N) is 1. The van der Waals surface area contributed by atoms with Gasteiger partial charge in [-0.15, -0.1) is 0 Å². The maximum absolute atomic E-state index is 12.3. The average Bonchev–Trinajstić information content (AvgIpc) is 2.74. The lowest BCUT2D eigenvalue weighted by Gasteiger charge is -2.13. The molecular weight excluding hydrogens is 404 g/mol. The summed E-state index contributed by atoms with van der Waals surface area (Å²) in [7, 11) is -0.588. The van der Waals surface area contributed by atoms with Crippen LogP contribution in [-0.2, 0) is 14.8 Å². The Hall–Kier alpha value is -3.36. The van der Waals surface area contributed by atoms with E-state index in [0.717, 1.165) is 4.31 Å². The number of para-hydroxylation sites is 3. The van der Waals surface area contributed by atoms with E-state index in [1.165, 1.54) is 38.4 Å². The number of hydrogen-bond acceptors (Lipinski definition) is 5. The van der Waals surface area contributed by atoms with Gasteiger partial charge in [0.1, 0.15) is 11.5 Å². The van der Waals surface area contributed by atoms with E-state index >= 15 is 0 Å². The van der Waals surface area contributed by atoms with Gasteiger partial charge in [0.15, 0.2) is 12.4 Å². The number of hydrogen-bond donors (Lipinski definition) is 1. The number of rotatable bonds is 8. The van der Waals surface area contributed by atoms with E-state index in [1.54, 1.807) is 18.2 Å². The van der Waals surface area contributed by atoms with Crippen LogP contribution >= 0.6 is 0 Å². The van der Waals surface area contributed by atoms with Crippen LogP contribution in [0, 0.1) is 0 Å². The standard InChI is InChI=1S/C22H22N2O5S/c1-24(2)30(26,27)19-14-12-17(13-15-19)28-16-22(25)23-20-10-6-7-11-21(20)29-18-8-4-3-5-9-18/h3-15H,16H2,1-2H3,(H,23,25). The highest BCUT2D eigenvalue weighted by molar-refractivity contribution is 7.89. The Labute approximate surface area is 175 Å². The van der Waals surface area contributed by atoms with Gasteiger partial charge in [0.2, 0.25) is 10.0 Å². The molecule has 0 aliphatic heterocycles. The molecule has 0 saturated carbocycles. The summed E-state index contributed by atoms with van der Waals surface area (Å²) in [5.74, 6) is 1.18. The van der Waals surface area contributed by atoms with Crippen molar-refractivity contribution in [2.75, 3.05) is 26.0 Å². The molecule has 0 saturated heterocycles. The van der Waals surface area contributed by atoms with Crippen molar-refractivity contribution in [3.8, 4) is 17.2 Å². The number of nitrogens with one attached hydrogen (secondary N) is 1. The zero-order valence-corrected chi connectivity index (χ0v) is 17.4. The Morgan fingerprint density at radius 3 is 2.17 bits per heavy atom. The summed E-state index contributed by atoms with van der Waals surface area (Å²) in [6.07, 6.45) is 0. The van der Waals surface area contributed by atoms with Crippen molar-refractivity contribution < 1.29 is 22.7 Å². The summed E-state index contributed by atoms with van der Waals surface area (Å²) < 4.78 is 36.6. The Morgan fingerprint density at radius 1 is 0.867 bits per heavy atom. The first-order valence-corrected chi connectivity index (χ1v) is 10.6. The molecule has 3 rings (SSSR count). The lowest BCUT2D eigenvalue weighted by atomic mass is 10.3. The molecule has 156 valence electrons. The molecule has 0 unspecified atom stereocenters. The fourth-order valence-corrected chi connectivity index (χ4v) is 3.43. The largest absolute Gasteiger partial charge is 0.484 e. The quantitative estimate of drug-likeness (QED) is 0.593. The van der Waals surface area contributed by atoms with Gasteiger partial charge in [-0.3, -0.25) is 4.79 Å². The predicted molar refractivity (Wildman–Crippen MR) is 114 cm³/mol. The summed E-state index contributed by atoms with van der Waals surface area (Å²) >= 11 is 0. The summed E-state index contributed by atoms with van der Waals surface area (Å²) in [5.41, 5.74) is 0.516. The van der Waals surface area contributed by atoms with Crippen molar-refractivity contribution in [2.24, 2.45) is 0 Å². The van der Waals surface area contributed by atoms with Crippen LogP contribution in [-0.4, -0.2) is 39.3 Å². The molecule has 0 spiro atoms. The number of ether oxygens (including phenoxy) is 2. The van der Waals surface area contributed by atoms with E-state index in [0.29, 0.717) is 22.9 Å². The van der Waals surface area contributed by atoms with Crippen molar-refractivity contribution >= 4 is 21.6 Å². The molecule has 0 aliphatic rings. The Bertz CT molecular complexity index is 1100. The summed E-state index contributed by atoms with van der Waals surface area (Å²) in [4.78, 5) is 12.5. The highest BCUT2D eigenvalue weighted by Gasteiger charge is 2.17. The smallest absolute Gasteiger partial charge is 0.262 e. The molecule has 0 heterocycles. The number of carbonyl (C=O) groups excluding carboxylic acids is 1. The normalized spacial score (nSPS) is 11.2. The van der Waals surface area contributed by atoms with Gasteiger partial charge in [-0.05, 0) is 48.5 Å². The van der Waals surface area contributed by atoms with Gasteiger partial charge in [-0.1, -0.05) is 30.3 Å². The van der Waals surface area contributed by atoms with Crippen LogP contribution in [0.5, 0.6) is 17.2 Å². The molecule has 0 bridgehead atoms. The number of carbonyl (C=O) groups is 1. The Kier molecular flexibility index (Phi) is 6.71. The lowest BCUT2D eigenvalue weighted by Crippen LogP contribution is -2.22. The van der Waals surface area contributed by atoms with Gasteiger partial charge < -0.3 is 14.8 Å². The van der Waals surface area contributed by atoms with Crippen molar-refractivity contribution in [1.29, 1.82) is 0 Å². The van der Waals surface area contributed by atoms with E-state index in [2.05, 4.69) is 5.32 Å². The first kappa shape index (κ1) is 21.4. The molecule has 0 radical (unpaired) electrons. The molecule has 1 amide bonds. The van der Waals surface area contributed by atoms with Gasteiger partial charge >= 0.3 is 0 Å². The molecule has 0 aromatic heterocycles. The second-order valence-corrected chi connectivity index (χ2v) is 8.66. The van der Waals surface area contributed by atoms with Gasteiger partial charge in [0.05, 0.1) is 10.6 Å². The van der Waals surface area contributed by atoms with Crippen molar-refractivity contribution in [3.05, 3.63) is 78.9 Å². The third-order valence-electron chi connectivity index (χ3n) is 4.10. The molecule has 8 heteroatoms. The van der Waals surface area contributed by atoms with Crippen LogP contribution in [0.15, 0.2) is 83.8 Å². The highest BCUT2D eigenvalue weighted by Crippen LogP contribution is 2.29. The molecule has 3 aromatic carbocycles. The monoisotopic (exact) mass is 426 g/mol. The second kappa shape index (κ2) is 9.43. The highest BCUT2D eigenvalue weighted by atomic mass is 32.2. The molecular formula is C22H22N2O5S. The molecule has 3 aromatic rings. The predicted octanol–water partition coefficient (Wildman–Crippen LogP) is 3.75. The van der Waals surface area contributed by atoms with Crippen LogP contribution in [0.3, 0.4) is 0 Å². The van der Waals surface area contributed by atoms with Crippen LogP contribution in [0.4, 0.5) is 5.69 Å². The molecule has 7 nitrogen and oxygen atoms in total. The minimum atomic E-state index is -3.51. The van der Waals surface area contributed by atoms with Crippen LogP contribution < -0.4 is 14.8 Å². The summed E-state index contributed by atoms with van der Waals surface area (Å²) in [5, 5.41) is 2.76. The van der Waals surface area contributed by atoms with Crippen LogP contribution in [0.2, 0.25) is 0 Å². The molecule has 1 N–H and O–H groups in total. The summed E-state index contributed by atoms with van der Waals surface area (Å²) in [6, 6.07) is 22.2. The van der Waals surface area contributed by atoms with Crippen LogP contribution in [0.1, 0.15) is 0 Å². The lowest BCUT2D eigenvalue weighted by molar-refractivity contribution is -0.118. The van der Waals surface area contributed by atoms with Crippen molar-refractivity contribution in [1.82, 2.24) is 4.31 Å². The van der Waals surface area contributed by atoms with Crippen molar-refractivity contribution in [2.45, 2.75) is 4.90 Å². The zero-order valence-electron chi connectivity index (χ0n) is 16.6. The SMILES string of the molecule is CN(C)S(=O)(=O)c1ccc(OCC(=O)Nc2ccccc2Oc2ccccc2)cc1. The summed E-state index contributed by atoms with van der Waals surface area (Å²) in [6.45, 7) is -0.237. The molecule has 0 aliphatic carbocycles. The van der Waals surface area contributed by atoms with E-state index < -0.39 is 10.0 Å². The number of benzene rings is 3. The second-order valence-electron chi connectivity index (χ2n) is 6.51. The maximum atomic E-state index is 12.3. The van der Waals surface area contributed by atoms with Crippen LogP contribution in [0.25, 0.3) is 0 Å². The van der Waals surface area contributed by atoms with Crippen molar-refractivity contribution in [3.63, 3.8) is 0 Å². The fraction of sp³-hybridized carbons (Fsp3) is 0.136. The third-order valence-corrected chi connectivity index (χ3v) is 5.93. The minimum Gasteiger partial charge on any atom is -0.484 e. The maximum Gasteiger partial charge on any atom is 0.262 e. The average molecular weight is 426 g/mol. The van der Waals surface area contributed by atoms with E-state index in [4.69, 9.17) is 9.47 Å². The zero-order chi connectivity index (χ0) is 21.6. The van der Waals surface area contributed by atoms with Gasteiger partial charge in [-0.25, -0.2) is 12.7 Å². The number of anilines is 1. The molecule has 30 heavy (non-hydrogen) atoms. The van der Waals surface area contributed by atoms with Gasteiger partial charge in [-0.2, -0.15) is 0 Å². The molecule has 0 fully saturated rings. The van der Waals surface area contributed by atoms with E-state index in [9.17, 15) is 13.2 Å². The Balaban J connectivity index is 1.60.